The lowest BCUT2D eigenvalue weighted by Crippen LogP contribution is -2.69. The van der Waals surface area contributed by atoms with Gasteiger partial charge in [0.25, 0.3) is 0 Å². The second-order valence-corrected chi connectivity index (χ2v) is 5.08. The van der Waals surface area contributed by atoms with Crippen molar-refractivity contribution in [2.75, 3.05) is 0 Å². The molecule has 0 heterocycles. The molecule has 2 N–H and O–H groups in total. The van der Waals surface area contributed by atoms with Crippen molar-refractivity contribution in [2.45, 2.75) is 57.5 Å². The standard InChI is InChI=1S/C10H16F6N2O/c1-5-8(9(11,12)13,10(14,15)16)18-6(19)17-7(2,3)4/h5H2,1-4H3,(H2,17,18,19). The maximum Gasteiger partial charge on any atom is 0.420 e. The van der Waals surface area contributed by atoms with Gasteiger partial charge in [-0.3, -0.25) is 0 Å². The van der Waals surface area contributed by atoms with E-state index < -0.39 is 35.9 Å². The zero-order valence-corrected chi connectivity index (χ0v) is 10.9. The maximum atomic E-state index is 12.7. The lowest BCUT2D eigenvalue weighted by Gasteiger charge is -2.37. The van der Waals surface area contributed by atoms with Crippen molar-refractivity contribution in [1.82, 2.24) is 10.6 Å². The van der Waals surface area contributed by atoms with E-state index in [9.17, 15) is 31.1 Å². The van der Waals surface area contributed by atoms with Crippen LogP contribution < -0.4 is 10.6 Å². The second-order valence-electron chi connectivity index (χ2n) is 5.08. The van der Waals surface area contributed by atoms with E-state index in [4.69, 9.17) is 0 Å². The molecule has 0 aliphatic heterocycles. The zero-order valence-electron chi connectivity index (χ0n) is 10.9. The van der Waals surface area contributed by atoms with Crippen LogP contribution in [0.1, 0.15) is 34.1 Å². The van der Waals surface area contributed by atoms with Crippen LogP contribution in [0.2, 0.25) is 0 Å². The molecule has 0 spiro atoms. The molecule has 19 heavy (non-hydrogen) atoms. The monoisotopic (exact) mass is 294 g/mol. The van der Waals surface area contributed by atoms with Crippen LogP contribution in [0.25, 0.3) is 0 Å². The summed E-state index contributed by atoms with van der Waals surface area (Å²) in [5, 5.41) is 3.02. The van der Waals surface area contributed by atoms with Crippen LogP contribution in [0.4, 0.5) is 31.1 Å². The van der Waals surface area contributed by atoms with Gasteiger partial charge in [-0.25, -0.2) is 4.79 Å². The Bertz CT molecular complexity index is 314. The fourth-order valence-electron chi connectivity index (χ4n) is 1.36. The van der Waals surface area contributed by atoms with Gasteiger partial charge in [0.2, 0.25) is 5.54 Å². The molecule has 0 aliphatic carbocycles. The first-order chi connectivity index (χ1) is 8.16. The number of rotatable bonds is 2. The summed E-state index contributed by atoms with van der Waals surface area (Å²) >= 11 is 0. The topological polar surface area (TPSA) is 41.1 Å². The first kappa shape index (κ1) is 17.8. The van der Waals surface area contributed by atoms with Gasteiger partial charge in [0.1, 0.15) is 0 Å². The van der Waals surface area contributed by atoms with Crippen LogP contribution in [0, 0.1) is 0 Å². The number of carbonyl (C=O) groups excluding carboxylic acids is 1. The lowest BCUT2D eigenvalue weighted by atomic mass is 9.94. The Morgan fingerprint density at radius 3 is 1.47 bits per heavy atom. The predicted octanol–water partition coefficient (Wildman–Crippen LogP) is 3.36. The fourth-order valence-corrected chi connectivity index (χ4v) is 1.36. The normalized spacial score (nSPS) is 14.2. The summed E-state index contributed by atoms with van der Waals surface area (Å²) in [7, 11) is 0. The average molecular weight is 294 g/mol. The van der Waals surface area contributed by atoms with Crippen LogP contribution in [0.15, 0.2) is 0 Å². The highest BCUT2D eigenvalue weighted by Crippen LogP contribution is 2.45. The molecule has 0 fully saturated rings. The van der Waals surface area contributed by atoms with E-state index >= 15 is 0 Å². The molecule has 114 valence electrons. The molecule has 0 bridgehead atoms. The largest absolute Gasteiger partial charge is 0.420 e. The van der Waals surface area contributed by atoms with Gasteiger partial charge < -0.3 is 10.6 Å². The van der Waals surface area contributed by atoms with E-state index in [0.29, 0.717) is 6.92 Å². The summed E-state index contributed by atoms with van der Waals surface area (Å²) < 4.78 is 76.2. The molecule has 9 heteroatoms. The molecule has 0 aliphatic rings. The van der Waals surface area contributed by atoms with E-state index in [1.165, 1.54) is 20.8 Å². The molecular formula is C10H16F6N2O. The summed E-state index contributed by atoms with van der Waals surface area (Å²) in [6.45, 7) is 5.00. The van der Waals surface area contributed by atoms with Crippen LogP contribution >= 0.6 is 0 Å². The summed E-state index contributed by atoms with van der Waals surface area (Å²) in [5.74, 6) is 0. The van der Waals surface area contributed by atoms with Gasteiger partial charge in [-0.2, -0.15) is 26.3 Å². The Morgan fingerprint density at radius 1 is 0.895 bits per heavy atom. The second kappa shape index (κ2) is 5.09. The fraction of sp³-hybridized carbons (Fsp3) is 0.900. The van der Waals surface area contributed by atoms with Gasteiger partial charge in [0.15, 0.2) is 0 Å². The minimum absolute atomic E-state index is 0.707. The van der Waals surface area contributed by atoms with Gasteiger partial charge in [0, 0.05) is 5.54 Å². The number of amides is 2. The summed E-state index contributed by atoms with van der Waals surface area (Å²) in [4.78, 5) is 11.3. The molecule has 0 radical (unpaired) electrons. The summed E-state index contributed by atoms with van der Waals surface area (Å²) in [6, 6.07) is -1.52. The van der Waals surface area contributed by atoms with Crippen molar-refractivity contribution in [1.29, 1.82) is 0 Å². The van der Waals surface area contributed by atoms with Crippen molar-refractivity contribution in [3.63, 3.8) is 0 Å². The van der Waals surface area contributed by atoms with E-state index in [0.717, 1.165) is 5.32 Å². The smallest absolute Gasteiger partial charge is 0.334 e. The Kier molecular flexibility index (Phi) is 4.78. The SMILES string of the molecule is CCC(NC(=O)NC(C)(C)C)(C(F)(F)F)C(F)(F)F. The van der Waals surface area contributed by atoms with Gasteiger partial charge in [-0.15, -0.1) is 0 Å². The predicted molar refractivity (Wildman–Crippen MR) is 56.6 cm³/mol. The molecule has 0 aromatic carbocycles. The minimum atomic E-state index is -5.64. The minimum Gasteiger partial charge on any atom is -0.334 e. The Hall–Kier alpha value is -1.15. The van der Waals surface area contributed by atoms with Crippen molar-refractivity contribution in [2.24, 2.45) is 0 Å². The van der Waals surface area contributed by atoms with Crippen molar-refractivity contribution >= 4 is 6.03 Å². The molecule has 0 atom stereocenters. The van der Waals surface area contributed by atoms with E-state index in [2.05, 4.69) is 0 Å². The van der Waals surface area contributed by atoms with E-state index in [1.807, 2.05) is 5.32 Å². The van der Waals surface area contributed by atoms with Gasteiger partial charge in [-0.1, -0.05) is 6.92 Å². The van der Waals surface area contributed by atoms with Crippen LogP contribution in [0.3, 0.4) is 0 Å². The quantitative estimate of drug-likeness (QED) is 0.753. The highest BCUT2D eigenvalue weighted by molar-refractivity contribution is 5.75. The lowest BCUT2D eigenvalue weighted by molar-refractivity contribution is -0.304. The van der Waals surface area contributed by atoms with E-state index in [1.54, 1.807) is 0 Å². The molecule has 0 saturated carbocycles. The third-order valence-electron chi connectivity index (χ3n) is 2.31. The summed E-state index contributed by atoms with van der Waals surface area (Å²) in [5.41, 5.74) is -5.21. The average Bonchev–Trinajstić information content (AvgIpc) is 2.06. The highest BCUT2D eigenvalue weighted by Gasteiger charge is 2.70. The highest BCUT2D eigenvalue weighted by atomic mass is 19.4. The number of hydrogen-bond donors (Lipinski definition) is 2. The number of halogens is 6. The Morgan fingerprint density at radius 2 is 1.26 bits per heavy atom. The maximum absolute atomic E-state index is 12.7. The molecule has 0 rings (SSSR count). The van der Waals surface area contributed by atoms with Crippen molar-refractivity contribution in [3.05, 3.63) is 0 Å². The summed E-state index contributed by atoms with van der Waals surface area (Å²) in [6.07, 6.45) is -12.6. The molecule has 3 nitrogen and oxygen atoms in total. The third-order valence-corrected chi connectivity index (χ3v) is 2.31. The zero-order chi connectivity index (χ0) is 15.7. The van der Waals surface area contributed by atoms with Gasteiger partial charge in [0.05, 0.1) is 0 Å². The van der Waals surface area contributed by atoms with Crippen LogP contribution in [-0.4, -0.2) is 29.5 Å². The van der Waals surface area contributed by atoms with Crippen LogP contribution in [0.5, 0.6) is 0 Å². The number of alkyl halides is 6. The molecule has 0 saturated heterocycles. The van der Waals surface area contributed by atoms with Gasteiger partial charge >= 0.3 is 18.4 Å². The molecule has 2 amide bonds. The number of urea groups is 1. The van der Waals surface area contributed by atoms with Crippen LogP contribution in [-0.2, 0) is 0 Å². The number of hydrogen-bond acceptors (Lipinski definition) is 1. The van der Waals surface area contributed by atoms with Crippen molar-refractivity contribution in [3.8, 4) is 0 Å². The Labute approximate surface area is 106 Å². The first-order valence-electron chi connectivity index (χ1n) is 5.40. The first-order valence-corrected chi connectivity index (χ1v) is 5.40. The number of nitrogens with one attached hydrogen (secondary N) is 2. The molecule has 0 aromatic rings. The van der Waals surface area contributed by atoms with Gasteiger partial charge in [-0.05, 0) is 27.2 Å². The third kappa shape index (κ3) is 4.17. The number of carbonyl (C=O) groups is 1. The molecule has 0 aromatic heterocycles. The van der Waals surface area contributed by atoms with E-state index in [-0.39, 0.29) is 0 Å². The molecule has 0 unspecified atom stereocenters. The van der Waals surface area contributed by atoms with Crippen molar-refractivity contribution < 1.29 is 31.1 Å². The molecular weight excluding hydrogens is 278 g/mol. The Balaban J connectivity index is 5.37.